The number of piperazine rings is 1. The molecular weight excluding hydrogens is 302 g/mol. The van der Waals surface area contributed by atoms with Crippen LogP contribution in [-0.4, -0.2) is 56.4 Å². The van der Waals surface area contributed by atoms with E-state index in [2.05, 4.69) is 14.5 Å². The molecular formula is C18H23N5O. The third-order valence-corrected chi connectivity index (χ3v) is 5.71. The topological polar surface area (TPSA) is 57.2 Å². The number of carbonyl (C=O) groups is 1. The highest BCUT2D eigenvalue weighted by atomic mass is 16.2. The summed E-state index contributed by atoms with van der Waals surface area (Å²) in [5.74, 6) is 0.986. The van der Waals surface area contributed by atoms with Crippen LogP contribution >= 0.6 is 0 Å². The zero-order chi connectivity index (χ0) is 16.1. The second kappa shape index (κ2) is 5.48. The molecule has 1 atom stereocenters. The van der Waals surface area contributed by atoms with Gasteiger partial charge in [0.1, 0.15) is 0 Å². The number of aromatic amines is 1. The first kappa shape index (κ1) is 14.3. The van der Waals surface area contributed by atoms with E-state index < -0.39 is 0 Å². The Morgan fingerprint density at radius 3 is 3.00 bits per heavy atom. The maximum absolute atomic E-state index is 12.7. The van der Waals surface area contributed by atoms with E-state index in [1.807, 2.05) is 23.5 Å². The minimum Gasteiger partial charge on any atom is -0.367 e. The summed E-state index contributed by atoms with van der Waals surface area (Å²) in [5, 5.41) is 0. The number of amides is 1. The van der Waals surface area contributed by atoms with E-state index >= 15 is 0 Å². The van der Waals surface area contributed by atoms with Crippen molar-refractivity contribution in [2.75, 3.05) is 26.2 Å². The molecule has 24 heavy (non-hydrogen) atoms. The van der Waals surface area contributed by atoms with Crippen LogP contribution in [0.5, 0.6) is 0 Å². The molecule has 6 nitrogen and oxygen atoms in total. The molecule has 2 aromatic rings. The van der Waals surface area contributed by atoms with Crippen molar-refractivity contribution in [2.45, 2.75) is 31.8 Å². The van der Waals surface area contributed by atoms with Gasteiger partial charge in [0, 0.05) is 57.2 Å². The summed E-state index contributed by atoms with van der Waals surface area (Å²) in [4.78, 5) is 24.9. The van der Waals surface area contributed by atoms with Crippen molar-refractivity contribution in [1.29, 1.82) is 0 Å². The number of hydrogen-bond donors (Lipinski definition) is 1. The van der Waals surface area contributed by atoms with E-state index in [0.717, 1.165) is 50.6 Å². The minimum absolute atomic E-state index is 0.125. The van der Waals surface area contributed by atoms with Gasteiger partial charge < -0.3 is 14.5 Å². The fourth-order valence-corrected chi connectivity index (χ4v) is 4.13. The number of aromatic nitrogens is 3. The van der Waals surface area contributed by atoms with Gasteiger partial charge in [-0.25, -0.2) is 4.98 Å². The van der Waals surface area contributed by atoms with Crippen LogP contribution < -0.4 is 0 Å². The molecule has 4 heterocycles. The molecule has 0 aromatic carbocycles. The number of fused-ring (bicyclic) bond motifs is 3. The van der Waals surface area contributed by atoms with Crippen LogP contribution in [-0.2, 0) is 13.0 Å². The van der Waals surface area contributed by atoms with Gasteiger partial charge in [-0.05, 0) is 24.8 Å². The molecule has 1 saturated carbocycles. The van der Waals surface area contributed by atoms with E-state index in [0.29, 0.717) is 0 Å². The Bertz CT molecular complexity index is 746. The first-order chi connectivity index (χ1) is 11.8. The summed E-state index contributed by atoms with van der Waals surface area (Å²) in [6.45, 7) is 4.70. The normalized spacial score (nSPS) is 23.8. The Labute approximate surface area is 141 Å². The average molecular weight is 325 g/mol. The molecule has 126 valence electrons. The average Bonchev–Trinajstić information content (AvgIpc) is 3.10. The Balaban J connectivity index is 1.39. The van der Waals surface area contributed by atoms with Gasteiger partial charge >= 0.3 is 0 Å². The van der Waals surface area contributed by atoms with Crippen molar-refractivity contribution in [2.24, 2.45) is 5.92 Å². The summed E-state index contributed by atoms with van der Waals surface area (Å²) < 4.78 is 2.37. The van der Waals surface area contributed by atoms with Gasteiger partial charge in [-0.1, -0.05) is 0 Å². The van der Waals surface area contributed by atoms with E-state index in [9.17, 15) is 4.79 Å². The molecule has 0 radical (unpaired) electrons. The molecule has 1 aliphatic carbocycles. The lowest BCUT2D eigenvalue weighted by Gasteiger charge is -2.43. The van der Waals surface area contributed by atoms with Crippen molar-refractivity contribution in [3.05, 3.63) is 41.7 Å². The third kappa shape index (κ3) is 2.36. The molecule has 2 aromatic heterocycles. The van der Waals surface area contributed by atoms with E-state index in [1.165, 1.54) is 24.2 Å². The molecule has 5 rings (SSSR count). The monoisotopic (exact) mass is 325 g/mol. The molecule has 0 bridgehead atoms. The van der Waals surface area contributed by atoms with Crippen LogP contribution in [0.15, 0.2) is 24.8 Å². The fraction of sp³-hybridized carbons (Fsp3) is 0.556. The zero-order valence-corrected chi connectivity index (χ0v) is 13.8. The summed E-state index contributed by atoms with van der Waals surface area (Å²) in [6, 6.07) is 2.11. The van der Waals surface area contributed by atoms with Crippen molar-refractivity contribution in [3.63, 3.8) is 0 Å². The summed E-state index contributed by atoms with van der Waals surface area (Å²) in [6.07, 6.45) is 9.43. The van der Waals surface area contributed by atoms with E-state index in [1.54, 1.807) is 6.20 Å². The van der Waals surface area contributed by atoms with Crippen molar-refractivity contribution >= 4 is 5.91 Å². The van der Waals surface area contributed by atoms with Gasteiger partial charge in [-0.2, -0.15) is 0 Å². The molecule has 1 unspecified atom stereocenters. The lowest BCUT2D eigenvalue weighted by Crippen LogP contribution is -2.52. The molecule has 1 saturated heterocycles. The SMILES string of the molecule is O=C(c1cc[nH]c1)N1CCN2CCc3c(ncn3CC3CC3)C2C1. The number of rotatable bonds is 3. The van der Waals surface area contributed by atoms with Gasteiger partial charge in [-0.3, -0.25) is 9.69 Å². The van der Waals surface area contributed by atoms with Gasteiger partial charge in [0.25, 0.3) is 5.91 Å². The number of nitrogens with zero attached hydrogens (tertiary/aromatic N) is 4. The first-order valence-electron chi connectivity index (χ1n) is 8.99. The Hall–Kier alpha value is -2.08. The maximum atomic E-state index is 12.7. The van der Waals surface area contributed by atoms with Crippen LogP contribution in [0.1, 0.15) is 40.6 Å². The highest BCUT2D eigenvalue weighted by molar-refractivity contribution is 5.94. The van der Waals surface area contributed by atoms with Gasteiger partial charge in [0.05, 0.1) is 23.6 Å². The molecule has 1 amide bonds. The molecule has 2 fully saturated rings. The highest BCUT2D eigenvalue weighted by Crippen LogP contribution is 2.35. The smallest absolute Gasteiger partial charge is 0.255 e. The third-order valence-electron chi connectivity index (χ3n) is 5.71. The van der Waals surface area contributed by atoms with Gasteiger partial charge in [0.15, 0.2) is 0 Å². The molecule has 3 aliphatic rings. The number of hydrogen-bond acceptors (Lipinski definition) is 3. The van der Waals surface area contributed by atoms with Crippen molar-refractivity contribution in [3.8, 4) is 0 Å². The molecule has 0 spiro atoms. The van der Waals surface area contributed by atoms with Gasteiger partial charge in [0.2, 0.25) is 0 Å². The highest BCUT2D eigenvalue weighted by Gasteiger charge is 2.37. The van der Waals surface area contributed by atoms with Crippen LogP contribution in [0.3, 0.4) is 0 Å². The quantitative estimate of drug-likeness (QED) is 0.934. The Morgan fingerprint density at radius 2 is 2.21 bits per heavy atom. The van der Waals surface area contributed by atoms with Crippen LogP contribution in [0, 0.1) is 5.92 Å². The number of H-pyrrole nitrogens is 1. The van der Waals surface area contributed by atoms with Crippen molar-refractivity contribution in [1.82, 2.24) is 24.3 Å². The lowest BCUT2D eigenvalue weighted by molar-refractivity contribution is 0.0441. The van der Waals surface area contributed by atoms with Crippen LogP contribution in [0.2, 0.25) is 0 Å². The lowest BCUT2D eigenvalue weighted by atomic mass is 9.99. The first-order valence-corrected chi connectivity index (χ1v) is 8.99. The number of imidazole rings is 1. The second-order valence-corrected chi connectivity index (χ2v) is 7.32. The number of carbonyl (C=O) groups excluding carboxylic acids is 1. The Morgan fingerprint density at radius 1 is 1.29 bits per heavy atom. The summed E-state index contributed by atoms with van der Waals surface area (Å²) >= 11 is 0. The summed E-state index contributed by atoms with van der Waals surface area (Å²) in [5.41, 5.74) is 3.35. The van der Waals surface area contributed by atoms with Crippen molar-refractivity contribution < 1.29 is 4.79 Å². The fourth-order valence-electron chi connectivity index (χ4n) is 4.13. The molecule has 1 N–H and O–H groups in total. The zero-order valence-electron chi connectivity index (χ0n) is 13.8. The molecule has 6 heteroatoms. The van der Waals surface area contributed by atoms with E-state index in [-0.39, 0.29) is 11.9 Å². The van der Waals surface area contributed by atoms with Crippen LogP contribution in [0.25, 0.3) is 0 Å². The predicted molar refractivity (Wildman–Crippen MR) is 89.7 cm³/mol. The largest absolute Gasteiger partial charge is 0.367 e. The minimum atomic E-state index is 0.125. The second-order valence-electron chi connectivity index (χ2n) is 7.32. The molecule has 2 aliphatic heterocycles. The van der Waals surface area contributed by atoms with Gasteiger partial charge in [-0.15, -0.1) is 0 Å². The number of nitrogens with one attached hydrogen (secondary N) is 1. The standard InChI is InChI=1S/C18H23N5O/c24-18(14-3-5-19-9-14)22-8-7-21-6-4-15-17(16(21)11-22)20-12-23(15)10-13-1-2-13/h3,5,9,12-13,16,19H,1-2,4,6-8,10-11H2. The predicted octanol–water partition coefficient (Wildman–Crippen LogP) is 1.68. The van der Waals surface area contributed by atoms with E-state index in [4.69, 9.17) is 4.98 Å². The van der Waals surface area contributed by atoms with Crippen LogP contribution in [0.4, 0.5) is 0 Å². The summed E-state index contributed by atoms with van der Waals surface area (Å²) in [7, 11) is 0. The Kier molecular flexibility index (Phi) is 3.26. The maximum Gasteiger partial charge on any atom is 0.255 e.